The van der Waals surface area contributed by atoms with Gasteiger partial charge in [0.2, 0.25) is 0 Å². The van der Waals surface area contributed by atoms with Crippen molar-refractivity contribution < 1.29 is 0 Å². The molecular weight excluding hydrogens is 210 g/mol. The fraction of sp³-hybridized carbons (Fsp3) is 0.357. The third kappa shape index (κ3) is 3.94. The van der Waals surface area contributed by atoms with Crippen molar-refractivity contribution in [3.8, 4) is 0 Å². The summed E-state index contributed by atoms with van der Waals surface area (Å²) >= 11 is 0. The van der Waals surface area contributed by atoms with Gasteiger partial charge in [-0.1, -0.05) is 30.3 Å². The number of aryl methyl sites for hydroxylation is 2. The van der Waals surface area contributed by atoms with Crippen molar-refractivity contribution in [2.45, 2.75) is 19.3 Å². The molecule has 2 aromatic rings. The van der Waals surface area contributed by atoms with Gasteiger partial charge in [-0.25, -0.2) is 0 Å². The second kappa shape index (κ2) is 6.09. The zero-order valence-corrected chi connectivity index (χ0v) is 10.3. The quantitative estimate of drug-likeness (QED) is 0.772. The molecule has 1 heterocycles. The predicted molar refractivity (Wildman–Crippen MR) is 71.1 cm³/mol. The average molecular weight is 229 g/mol. The summed E-state index contributed by atoms with van der Waals surface area (Å²) in [5.41, 5.74) is 2.53. The van der Waals surface area contributed by atoms with Crippen LogP contribution in [-0.2, 0) is 13.5 Å². The van der Waals surface area contributed by atoms with Crippen molar-refractivity contribution in [1.29, 1.82) is 0 Å². The molecule has 0 aliphatic heterocycles. The van der Waals surface area contributed by atoms with E-state index in [1.807, 2.05) is 24.1 Å². The fourth-order valence-electron chi connectivity index (χ4n) is 1.84. The van der Waals surface area contributed by atoms with Gasteiger partial charge in [-0.3, -0.25) is 4.68 Å². The molecule has 2 rings (SSSR count). The normalized spacial score (nSPS) is 10.4. The van der Waals surface area contributed by atoms with Crippen molar-refractivity contribution in [3.05, 3.63) is 48.3 Å². The summed E-state index contributed by atoms with van der Waals surface area (Å²) in [6.45, 7) is 1.01. The molecule has 0 aliphatic carbocycles. The lowest BCUT2D eigenvalue weighted by Gasteiger charge is -2.03. The summed E-state index contributed by atoms with van der Waals surface area (Å²) in [4.78, 5) is 0. The summed E-state index contributed by atoms with van der Waals surface area (Å²) in [6.07, 6.45) is 7.42. The molecule has 1 aromatic heterocycles. The van der Waals surface area contributed by atoms with Gasteiger partial charge in [-0.05, 0) is 24.8 Å². The number of benzene rings is 1. The summed E-state index contributed by atoms with van der Waals surface area (Å²) in [6, 6.07) is 10.6. The maximum atomic E-state index is 4.12. The molecule has 3 heteroatoms. The van der Waals surface area contributed by atoms with Gasteiger partial charge in [0, 0.05) is 19.8 Å². The molecule has 0 fully saturated rings. The number of rotatable bonds is 6. The van der Waals surface area contributed by atoms with Crippen molar-refractivity contribution in [2.24, 2.45) is 7.05 Å². The number of unbranched alkanes of at least 4 members (excludes halogenated alkanes) is 1. The van der Waals surface area contributed by atoms with Gasteiger partial charge in [0.25, 0.3) is 0 Å². The largest absolute Gasteiger partial charge is 0.383 e. The zero-order chi connectivity index (χ0) is 11.9. The number of nitrogens with zero attached hydrogens (tertiary/aromatic N) is 2. The Hall–Kier alpha value is -1.77. The second-order valence-corrected chi connectivity index (χ2v) is 4.27. The minimum Gasteiger partial charge on any atom is -0.383 e. The van der Waals surface area contributed by atoms with Crippen LogP contribution in [0.5, 0.6) is 0 Å². The highest BCUT2D eigenvalue weighted by Gasteiger charge is 1.95. The SMILES string of the molecule is Cn1cc(NCCCCc2ccccc2)cn1. The fourth-order valence-corrected chi connectivity index (χ4v) is 1.84. The summed E-state index contributed by atoms with van der Waals surface area (Å²) in [5, 5.41) is 7.49. The number of nitrogens with one attached hydrogen (secondary N) is 1. The number of aromatic nitrogens is 2. The molecule has 0 bridgehead atoms. The summed E-state index contributed by atoms with van der Waals surface area (Å²) in [5.74, 6) is 0. The Morgan fingerprint density at radius 3 is 2.71 bits per heavy atom. The van der Waals surface area contributed by atoms with Gasteiger partial charge in [0.1, 0.15) is 0 Å². The van der Waals surface area contributed by atoms with Crippen LogP contribution < -0.4 is 5.32 Å². The molecule has 0 radical (unpaired) electrons. The predicted octanol–water partition coefficient (Wildman–Crippen LogP) is 2.85. The van der Waals surface area contributed by atoms with E-state index in [1.165, 1.54) is 18.4 Å². The van der Waals surface area contributed by atoms with Crippen molar-refractivity contribution in [2.75, 3.05) is 11.9 Å². The Labute approximate surface area is 102 Å². The van der Waals surface area contributed by atoms with Gasteiger partial charge in [0.05, 0.1) is 11.9 Å². The van der Waals surface area contributed by atoms with Crippen LogP contribution in [0, 0.1) is 0 Å². The van der Waals surface area contributed by atoms with Crippen LogP contribution in [0.1, 0.15) is 18.4 Å². The van der Waals surface area contributed by atoms with Gasteiger partial charge in [-0.15, -0.1) is 0 Å². The van der Waals surface area contributed by atoms with Crippen molar-refractivity contribution in [3.63, 3.8) is 0 Å². The third-order valence-electron chi connectivity index (χ3n) is 2.77. The van der Waals surface area contributed by atoms with Gasteiger partial charge < -0.3 is 5.32 Å². The third-order valence-corrected chi connectivity index (χ3v) is 2.77. The topological polar surface area (TPSA) is 29.9 Å². The van der Waals surface area contributed by atoms with E-state index in [9.17, 15) is 0 Å². The smallest absolute Gasteiger partial charge is 0.0726 e. The Kier molecular flexibility index (Phi) is 4.19. The Morgan fingerprint density at radius 1 is 1.18 bits per heavy atom. The van der Waals surface area contributed by atoms with Gasteiger partial charge in [-0.2, -0.15) is 5.10 Å². The van der Waals surface area contributed by atoms with Crippen LogP contribution in [0.2, 0.25) is 0 Å². The van der Waals surface area contributed by atoms with E-state index in [-0.39, 0.29) is 0 Å². The Morgan fingerprint density at radius 2 is 2.00 bits per heavy atom. The van der Waals surface area contributed by atoms with Crippen LogP contribution in [0.15, 0.2) is 42.7 Å². The minimum atomic E-state index is 1.01. The van der Waals surface area contributed by atoms with E-state index in [1.54, 1.807) is 0 Å². The first-order valence-electron chi connectivity index (χ1n) is 6.11. The molecule has 90 valence electrons. The summed E-state index contributed by atoms with van der Waals surface area (Å²) in [7, 11) is 1.93. The molecule has 0 spiro atoms. The number of hydrogen-bond donors (Lipinski definition) is 1. The van der Waals surface area contributed by atoms with Crippen LogP contribution in [-0.4, -0.2) is 16.3 Å². The number of hydrogen-bond acceptors (Lipinski definition) is 2. The maximum absolute atomic E-state index is 4.12. The average Bonchev–Trinajstić information content (AvgIpc) is 2.76. The van der Waals surface area contributed by atoms with Crippen LogP contribution in [0.25, 0.3) is 0 Å². The van der Waals surface area contributed by atoms with Gasteiger partial charge >= 0.3 is 0 Å². The molecule has 0 saturated heterocycles. The van der Waals surface area contributed by atoms with Crippen molar-refractivity contribution >= 4 is 5.69 Å². The van der Waals surface area contributed by atoms with E-state index in [2.05, 4.69) is 40.7 Å². The second-order valence-electron chi connectivity index (χ2n) is 4.27. The zero-order valence-electron chi connectivity index (χ0n) is 10.3. The molecule has 0 aliphatic rings. The van der Waals surface area contributed by atoms with E-state index < -0.39 is 0 Å². The Bertz CT molecular complexity index is 434. The first-order chi connectivity index (χ1) is 8.34. The van der Waals surface area contributed by atoms with E-state index in [0.29, 0.717) is 0 Å². The molecule has 0 amide bonds. The first kappa shape index (κ1) is 11.7. The lowest BCUT2D eigenvalue weighted by atomic mass is 10.1. The van der Waals surface area contributed by atoms with Crippen LogP contribution >= 0.6 is 0 Å². The van der Waals surface area contributed by atoms with Crippen LogP contribution in [0.3, 0.4) is 0 Å². The monoisotopic (exact) mass is 229 g/mol. The molecule has 0 saturated carbocycles. The van der Waals surface area contributed by atoms with E-state index >= 15 is 0 Å². The molecule has 0 atom stereocenters. The number of anilines is 1. The standard InChI is InChI=1S/C14H19N3/c1-17-12-14(11-16-17)15-10-6-5-9-13-7-3-2-4-8-13/h2-4,7-8,11-12,15H,5-6,9-10H2,1H3. The van der Waals surface area contributed by atoms with Gasteiger partial charge in [0.15, 0.2) is 0 Å². The lowest BCUT2D eigenvalue weighted by molar-refractivity contribution is 0.761. The minimum absolute atomic E-state index is 1.01. The highest BCUT2D eigenvalue weighted by atomic mass is 15.3. The Balaban J connectivity index is 1.61. The molecular formula is C14H19N3. The molecule has 3 nitrogen and oxygen atoms in total. The highest BCUT2D eigenvalue weighted by molar-refractivity contribution is 5.37. The van der Waals surface area contributed by atoms with Crippen LogP contribution in [0.4, 0.5) is 5.69 Å². The maximum Gasteiger partial charge on any atom is 0.0726 e. The summed E-state index contributed by atoms with van der Waals surface area (Å²) < 4.78 is 1.81. The highest BCUT2D eigenvalue weighted by Crippen LogP contribution is 2.06. The lowest BCUT2D eigenvalue weighted by Crippen LogP contribution is -2.01. The molecule has 1 aromatic carbocycles. The van der Waals surface area contributed by atoms with Crippen molar-refractivity contribution in [1.82, 2.24) is 9.78 Å². The molecule has 17 heavy (non-hydrogen) atoms. The first-order valence-corrected chi connectivity index (χ1v) is 6.11. The van der Waals surface area contributed by atoms with E-state index in [4.69, 9.17) is 0 Å². The van der Waals surface area contributed by atoms with E-state index in [0.717, 1.165) is 18.7 Å². The molecule has 1 N–H and O–H groups in total. The molecule has 0 unspecified atom stereocenters.